The number of nitriles is 2. The van der Waals surface area contributed by atoms with Crippen LogP contribution in [0.4, 0.5) is 0 Å². The molecule has 0 bridgehead atoms. The standard InChI is InChI=1S/C18H20N4O2/c1-13-7-14(2)9-15(8-13)12-22-6-5-21(4-3-17(23)24)18(22)16(10-19)11-20/h7-9H,3-6,12H2,1-2H3,(H,23,24). The van der Waals surface area contributed by atoms with E-state index >= 15 is 0 Å². The Bertz CT molecular complexity index is 719. The topological polar surface area (TPSA) is 91.4 Å². The van der Waals surface area contributed by atoms with E-state index in [4.69, 9.17) is 5.11 Å². The third-order valence-corrected chi connectivity index (χ3v) is 3.94. The number of aliphatic carboxylic acids is 1. The first kappa shape index (κ1) is 17.4. The Kier molecular flexibility index (Phi) is 5.44. The number of benzene rings is 1. The number of rotatable bonds is 5. The second kappa shape index (κ2) is 7.52. The summed E-state index contributed by atoms with van der Waals surface area (Å²) in [7, 11) is 0. The van der Waals surface area contributed by atoms with Gasteiger partial charge in [-0.2, -0.15) is 10.5 Å². The first-order valence-corrected chi connectivity index (χ1v) is 7.78. The summed E-state index contributed by atoms with van der Waals surface area (Å²) in [5, 5.41) is 27.4. The van der Waals surface area contributed by atoms with E-state index in [1.54, 1.807) is 0 Å². The molecule has 1 fully saturated rings. The monoisotopic (exact) mass is 324 g/mol. The molecule has 0 aliphatic carbocycles. The Morgan fingerprint density at radius 2 is 1.71 bits per heavy atom. The molecule has 1 saturated heterocycles. The van der Waals surface area contributed by atoms with Crippen LogP contribution in [0.15, 0.2) is 29.6 Å². The van der Waals surface area contributed by atoms with Gasteiger partial charge in [0.25, 0.3) is 0 Å². The van der Waals surface area contributed by atoms with Gasteiger partial charge >= 0.3 is 5.97 Å². The van der Waals surface area contributed by atoms with E-state index in [9.17, 15) is 15.3 Å². The second-order valence-corrected chi connectivity index (χ2v) is 5.97. The molecule has 0 saturated carbocycles. The van der Waals surface area contributed by atoms with Crippen molar-refractivity contribution in [3.63, 3.8) is 0 Å². The molecular formula is C18H20N4O2. The normalized spacial score (nSPS) is 13.6. The molecule has 0 unspecified atom stereocenters. The molecule has 0 spiro atoms. The van der Waals surface area contributed by atoms with Crippen LogP contribution in [0.3, 0.4) is 0 Å². The average molecular weight is 324 g/mol. The van der Waals surface area contributed by atoms with Crippen molar-refractivity contribution in [1.82, 2.24) is 9.80 Å². The molecule has 24 heavy (non-hydrogen) atoms. The summed E-state index contributed by atoms with van der Waals surface area (Å²) in [5.74, 6) is -0.349. The zero-order valence-corrected chi connectivity index (χ0v) is 13.9. The SMILES string of the molecule is Cc1cc(C)cc(CN2CCN(CCC(=O)O)C2=C(C#N)C#N)c1. The van der Waals surface area contributed by atoms with Crippen molar-refractivity contribution in [2.24, 2.45) is 0 Å². The van der Waals surface area contributed by atoms with E-state index in [1.807, 2.05) is 35.8 Å². The van der Waals surface area contributed by atoms with E-state index in [-0.39, 0.29) is 12.0 Å². The molecule has 0 amide bonds. The molecule has 1 N–H and O–H groups in total. The van der Waals surface area contributed by atoms with Crippen LogP contribution < -0.4 is 0 Å². The number of hydrogen-bond acceptors (Lipinski definition) is 5. The number of hydrogen-bond donors (Lipinski definition) is 1. The summed E-state index contributed by atoms with van der Waals surface area (Å²) < 4.78 is 0. The quantitative estimate of drug-likeness (QED) is 0.835. The van der Waals surface area contributed by atoms with Crippen LogP contribution in [0.1, 0.15) is 23.1 Å². The van der Waals surface area contributed by atoms with Crippen LogP contribution in [-0.4, -0.2) is 40.5 Å². The molecule has 6 nitrogen and oxygen atoms in total. The fourth-order valence-corrected chi connectivity index (χ4v) is 3.08. The van der Waals surface area contributed by atoms with Crippen LogP contribution in [0.2, 0.25) is 0 Å². The van der Waals surface area contributed by atoms with Gasteiger partial charge in [0.15, 0.2) is 5.57 Å². The van der Waals surface area contributed by atoms with E-state index in [1.165, 1.54) is 11.1 Å². The molecule has 124 valence electrons. The fraction of sp³-hybridized carbons (Fsp3) is 0.389. The fourth-order valence-electron chi connectivity index (χ4n) is 3.08. The van der Waals surface area contributed by atoms with Crippen LogP contribution in [-0.2, 0) is 11.3 Å². The van der Waals surface area contributed by atoms with Gasteiger partial charge in [-0.1, -0.05) is 29.3 Å². The van der Waals surface area contributed by atoms with Gasteiger partial charge in [0.2, 0.25) is 0 Å². The molecule has 6 heteroatoms. The lowest BCUT2D eigenvalue weighted by atomic mass is 10.1. The minimum Gasteiger partial charge on any atom is -0.481 e. The molecule has 0 atom stereocenters. The Morgan fingerprint density at radius 3 is 2.25 bits per heavy atom. The highest BCUT2D eigenvalue weighted by molar-refractivity contribution is 5.67. The molecule has 1 aromatic rings. The lowest BCUT2D eigenvalue weighted by Crippen LogP contribution is -2.26. The van der Waals surface area contributed by atoms with E-state index in [0.29, 0.717) is 32.0 Å². The van der Waals surface area contributed by atoms with Gasteiger partial charge in [0.1, 0.15) is 18.0 Å². The largest absolute Gasteiger partial charge is 0.481 e. The molecule has 2 rings (SSSR count). The van der Waals surface area contributed by atoms with Crippen molar-refractivity contribution < 1.29 is 9.90 Å². The lowest BCUT2D eigenvalue weighted by Gasteiger charge is -2.25. The maximum Gasteiger partial charge on any atom is 0.305 e. The summed E-state index contributed by atoms with van der Waals surface area (Å²) in [4.78, 5) is 14.6. The van der Waals surface area contributed by atoms with Gasteiger partial charge < -0.3 is 14.9 Å². The van der Waals surface area contributed by atoms with Crippen LogP contribution in [0.5, 0.6) is 0 Å². The van der Waals surface area contributed by atoms with Crippen molar-refractivity contribution in [3.8, 4) is 12.1 Å². The summed E-state index contributed by atoms with van der Waals surface area (Å²) in [6.07, 6.45) is -0.0228. The van der Waals surface area contributed by atoms with Gasteiger partial charge in [0, 0.05) is 26.2 Å². The maximum atomic E-state index is 10.8. The van der Waals surface area contributed by atoms with Gasteiger partial charge in [-0.3, -0.25) is 4.79 Å². The summed E-state index contributed by atoms with van der Waals surface area (Å²) in [6.45, 7) is 6.23. The van der Waals surface area contributed by atoms with Crippen LogP contribution in [0, 0.1) is 36.5 Å². The summed E-state index contributed by atoms with van der Waals surface area (Å²) in [5.41, 5.74) is 3.47. The smallest absolute Gasteiger partial charge is 0.305 e. The Morgan fingerprint density at radius 1 is 1.12 bits per heavy atom. The Hall–Kier alpha value is -2.99. The van der Waals surface area contributed by atoms with Gasteiger partial charge in [-0.25, -0.2) is 0 Å². The van der Waals surface area contributed by atoms with Crippen molar-refractivity contribution >= 4 is 5.97 Å². The van der Waals surface area contributed by atoms with Crippen LogP contribution >= 0.6 is 0 Å². The van der Waals surface area contributed by atoms with E-state index in [2.05, 4.69) is 18.2 Å². The molecule has 1 heterocycles. The second-order valence-electron chi connectivity index (χ2n) is 5.97. The lowest BCUT2D eigenvalue weighted by molar-refractivity contribution is -0.137. The first-order valence-electron chi connectivity index (χ1n) is 7.78. The highest BCUT2D eigenvalue weighted by atomic mass is 16.4. The van der Waals surface area contributed by atoms with Gasteiger partial charge in [-0.15, -0.1) is 0 Å². The van der Waals surface area contributed by atoms with Crippen molar-refractivity contribution in [2.75, 3.05) is 19.6 Å². The molecule has 1 aliphatic heterocycles. The zero-order valence-electron chi connectivity index (χ0n) is 13.9. The molecule has 0 aromatic heterocycles. The number of carboxylic acids is 1. The molecule has 1 aromatic carbocycles. The predicted octanol–water partition coefficient (Wildman–Crippen LogP) is 2.15. The van der Waals surface area contributed by atoms with Crippen LogP contribution in [0.25, 0.3) is 0 Å². The minimum atomic E-state index is -0.891. The molecular weight excluding hydrogens is 304 g/mol. The minimum absolute atomic E-state index is 0.0228. The maximum absolute atomic E-state index is 10.8. The number of aryl methyl sites for hydroxylation is 2. The number of carboxylic acid groups (broad SMARTS) is 1. The van der Waals surface area contributed by atoms with Gasteiger partial charge in [-0.05, 0) is 19.4 Å². The molecule has 1 aliphatic rings. The average Bonchev–Trinajstić information content (AvgIpc) is 2.88. The van der Waals surface area contributed by atoms with Gasteiger partial charge in [0.05, 0.1) is 6.42 Å². The third kappa shape index (κ3) is 4.05. The van der Waals surface area contributed by atoms with E-state index < -0.39 is 5.97 Å². The van der Waals surface area contributed by atoms with E-state index in [0.717, 1.165) is 5.56 Å². The highest BCUT2D eigenvalue weighted by Crippen LogP contribution is 2.25. The third-order valence-electron chi connectivity index (χ3n) is 3.94. The summed E-state index contributed by atoms with van der Waals surface area (Å²) in [6, 6.07) is 10.1. The number of nitrogens with zero attached hydrogens (tertiary/aromatic N) is 4. The summed E-state index contributed by atoms with van der Waals surface area (Å²) >= 11 is 0. The zero-order chi connectivity index (χ0) is 17.7. The van der Waals surface area contributed by atoms with Crippen molar-refractivity contribution in [2.45, 2.75) is 26.8 Å². The first-order chi connectivity index (χ1) is 11.4. The Labute approximate surface area is 141 Å². The molecule has 0 radical (unpaired) electrons. The number of allylic oxidation sites excluding steroid dienone is 1. The Balaban J connectivity index is 2.28. The number of carbonyl (C=O) groups is 1. The van der Waals surface area contributed by atoms with Crippen molar-refractivity contribution in [1.29, 1.82) is 10.5 Å². The van der Waals surface area contributed by atoms with Crippen molar-refractivity contribution in [3.05, 3.63) is 46.3 Å². The predicted molar refractivity (Wildman–Crippen MR) is 88.4 cm³/mol. The highest BCUT2D eigenvalue weighted by Gasteiger charge is 2.28.